The number of rotatable bonds is 10. The number of ketones is 2. The van der Waals surface area contributed by atoms with Crippen molar-refractivity contribution in [3.05, 3.63) is 46.6 Å². The average Bonchev–Trinajstić information content (AvgIpc) is 2.93. The van der Waals surface area contributed by atoms with Crippen LogP contribution in [0.25, 0.3) is 0 Å². The Bertz CT molecular complexity index is 1130. The molecule has 2 fully saturated rings. The van der Waals surface area contributed by atoms with Gasteiger partial charge in [0.25, 0.3) is 0 Å². The van der Waals surface area contributed by atoms with E-state index in [4.69, 9.17) is 4.74 Å². The van der Waals surface area contributed by atoms with Crippen molar-refractivity contribution in [2.24, 2.45) is 5.92 Å². The van der Waals surface area contributed by atoms with Gasteiger partial charge in [-0.25, -0.2) is 0 Å². The number of fused-ring (bicyclic) bond motifs is 1. The van der Waals surface area contributed by atoms with Gasteiger partial charge in [0.05, 0.1) is 15.7 Å². The molecule has 0 amide bonds. The van der Waals surface area contributed by atoms with E-state index >= 15 is 0 Å². The van der Waals surface area contributed by atoms with Crippen molar-refractivity contribution in [1.29, 1.82) is 0 Å². The first kappa shape index (κ1) is 29.8. The van der Waals surface area contributed by atoms with Gasteiger partial charge in [-0.3, -0.25) is 14.4 Å². The molecule has 0 bridgehead atoms. The molecule has 1 aliphatic heterocycles. The standard InChI is InChI=1S/C31H40O6S2/c1-19(2)12-15-26(22-18-25(34)28-23(32)13-14-24(33)29(28)30(22)36)37-27(35)11-7-6-10-21-16-17-38-31(39-21)20-8-4-3-5-9-20/h12-14,18,20-21,26,31-33H,3-11,15-17H2,1-2H3/t21-,26-,31?/m1/s1. The van der Waals surface area contributed by atoms with Gasteiger partial charge in [0.15, 0.2) is 11.6 Å². The molecule has 1 aromatic rings. The molecular formula is C31H40O6S2. The molecule has 0 spiro atoms. The molecule has 3 atom stereocenters. The number of phenolic OH excluding ortho intramolecular Hbond substituents is 2. The van der Waals surface area contributed by atoms with Gasteiger partial charge < -0.3 is 14.9 Å². The molecule has 0 radical (unpaired) electrons. The van der Waals surface area contributed by atoms with Crippen LogP contribution >= 0.6 is 23.5 Å². The third-order valence-electron chi connectivity index (χ3n) is 7.78. The molecule has 2 aliphatic carbocycles. The zero-order valence-corrected chi connectivity index (χ0v) is 24.6. The van der Waals surface area contributed by atoms with Crippen LogP contribution < -0.4 is 0 Å². The number of hydrogen-bond acceptors (Lipinski definition) is 8. The molecule has 3 aliphatic rings. The highest BCUT2D eigenvalue weighted by Crippen LogP contribution is 2.46. The van der Waals surface area contributed by atoms with Crippen LogP contribution in [0.5, 0.6) is 11.5 Å². The van der Waals surface area contributed by atoms with E-state index in [0.29, 0.717) is 5.25 Å². The van der Waals surface area contributed by atoms with Crippen LogP contribution in [0.15, 0.2) is 35.4 Å². The fourth-order valence-electron chi connectivity index (χ4n) is 5.64. The number of thioether (sulfide) groups is 2. The minimum atomic E-state index is -0.944. The van der Waals surface area contributed by atoms with Gasteiger partial charge in [0.1, 0.15) is 17.6 Å². The third-order valence-corrected chi connectivity index (χ3v) is 11.2. The molecule has 39 heavy (non-hydrogen) atoms. The van der Waals surface area contributed by atoms with Crippen molar-refractivity contribution in [3.63, 3.8) is 0 Å². The van der Waals surface area contributed by atoms with Crippen molar-refractivity contribution >= 4 is 41.1 Å². The van der Waals surface area contributed by atoms with E-state index < -0.39 is 23.6 Å². The van der Waals surface area contributed by atoms with Crippen molar-refractivity contribution in [1.82, 2.24) is 0 Å². The Balaban J connectivity index is 1.32. The van der Waals surface area contributed by atoms with Crippen molar-refractivity contribution in [2.75, 3.05) is 5.75 Å². The number of carbonyl (C=O) groups is 3. The number of carbonyl (C=O) groups excluding carboxylic acids is 3. The maximum absolute atomic E-state index is 13.3. The number of esters is 1. The van der Waals surface area contributed by atoms with Crippen molar-refractivity contribution < 1.29 is 29.3 Å². The minimum absolute atomic E-state index is 0.0177. The smallest absolute Gasteiger partial charge is 0.306 e. The Kier molecular flexibility index (Phi) is 10.6. The lowest BCUT2D eigenvalue weighted by Gasteiger charge is -2.35. The lowest BCUT2D eigenvalue weighted by Crippen LogP contribution is -2.29. The van der Waals surface area contributed by atoms with Crippen LogP contribution in [0.2, 0.25) is 0 Å². The molecule has 1 heterocycles. The zero-order chi connectivity index (χ0) is 27.9. The van der Waals surface area contributed by atoms with Gasteiger partial charge in [0.2, 0.25) is 0 Å². The van der Waals surface area contributed by atoms with Crippen LogP contribution in [0.1, 0.15) is 105 Å². The number of aromatic hydroxyl groups is 2. The summed E-state index contributed by atoms with van der Waals surface area (Å²) in [7, 11) is 0. The molecule has 4 rings (SSSR count). The van der Waals surface area contributed by atoms with Crippen LogP contribution in [0, 0.1) is 5.92 Å². The van der Waals surface area contributed by atoms with Crippen LogP contribution in [0.3, 0.4) is 0 Å². The molecule has 0 aromatic heterocycles. The predicted octanol–water partition coefficient (Wildman–Crippen LogP) is 7.38. The summed E-state index contributed by atoms with van der Waals surface area (Å²) in [6, 6.07) is 2.36. The Labute approximate surface area is 240 Å². The topological polar surface area (TPSA) is 101 Å². The maximum Gasteiger partial charge on any atom is 0.306 e. The fraction of sp³-hybridized carbons (Fsp3) is 0.581. The van der Waals surface area contributed by atoms with Gasteiger partial charge in [0, 0.05) is 23.7 Å². The molecule has 1 unspecified atom stereocenters. The average molecular weight is 573 g/mol. The maximum atomic E-state index is 13.3. The summed E-state index contributed by atoms with van der Waals surface area (Å²) in [5, 5.41) is 21.0. The summed E-state index contributed by atoms with van der Waals surface area (Å²) in [6.07, 6.45) is 13.4. The van der Waals surface area contributed by atoms with Crippen LogP contribution in [-0.2, 0) is 9.53 Å². The molecule has 1 aromatic carbocycles. The first-order chi connectivity index (χ1) is 18.7. The summed E-state index contributed by atoms with van der Waals surface area (Å²) < 4.78 is 6.48. The number of unbranched alkanes of at least 4 members (excludes halogenated alkanes) is 1. The van der Waals surface area contributed by atoms with Crippen molar-refractivity contribution in [3.8, 4) is 11.5 Å². The van der Waals surface area contributed by atoms with E-state index in [1.807, 2.05) is 19.9 Å². The highest BCUT2D eigenvalue weighted by molar-refractivity contribution is 8.17. The van der Waals surface area contributed by atoms with Gasteiger partial charge in [-0.15, -0.1) is 23.5 Å². The highest BCUT2D eigenvalue weighted by Gasteiger charge is 2.36. The zero-order valence-electron chi connectivity index (χ0n) is 22.9. The second-order valence-electron chi connectivity index (χ2n) is 11.1. The van der Waals surface area contributed by atoms with Crippen LogP contribution in [-0.4, -0.2) is 49.4 Å². The minimum Gasteiger partial charge on any atom is -0.507 e. The monoisotopic (exact) mass is 572 g/mol. The van der Waals surface area contributed by atoms with E-state index in [2.05, 4.69) is 23.5 Å². The predicted molar refractivity (Wildman–Crippen MR) is 158 cm³/mol. The Morgan fingerprint density at radius 3 is 2.49 bits per heavy atom. The van der Waals surface area contributed by atoms with E-state index in [1.54, 1.807) is 0 Å². The fourth-order valence-corrected chi connectivity index (χ4v) is 9.49. The van der Waals surface area contributed by atoms with E-state index in [1.165, 1.54) is 56.4 Å². The summed E-state index contributed by atoms with van der Waals surface area (Å²) in [5.74, 6) is -0.283. The molecule has 8 heteroatoms. The summed E-state index contributed by atoms with van der Waals surface area (Å²) in [4.78, 5) is 38.9. The molecule has 1 saturated heterocycles. The number of hydrogen-bond donors (Lipinski definition) is 2. The quantitative estimate of drug-likeness (QED) is 0.130. The second-order valence-corrected chi connectivity index (χ2v) is 14.1. The van der Waals surface area contributed by atoms with Gasteiger partial charge >= 0.3 is 5.97 Å². The molecule has 2 N–H and O–H groups in total. The molecular weight excluding hydrogens is 532 g/mol. The number of phenols is 2. The largest absolute Gasteiger partial charge is 0.507 e. The highest BCUT2D eigenvalue weighted by atomic mass is 32.2. The van der Waals surface area contributed by atoms with Gasteiger partial charge in [-0.1, -0.05) is 37.3 Å². The number of allylic oxidation sites excluding steroid dienone is 2. The Hall–Kier alpha value is -2.19. The summed E-state index contributed by atoms with van der Waals surface area (Å²) >= 11 is 4.30. The number of ether oxygens (including phenoxy) is 1. The molecule has 6 nitrogen and oxygen atoms in total. The van der Waals surface area contributed by atoms with E-state index in [0.717, 1.165) is 41.4 Å². The van der Waals surface area contributed by atoms with Crippen LogP contribution in [0.4, 0.5) is 0 Å². The second kappa shape index (κ2) is 13.9. The van der Waals surface area contributed by atoms with Gasteiger partial charge in [-0.05, 0) is 75.8 Å². The molecule has 212 valence electrons. The lowest BCUT2D eigenvalue weighted by atomic mass is 9.85. The third kappa shape index (κ3) is 7.72. The Morgan fingerprint density at radius 2 is 1.77 bits per heavy atom. The Morgan fingerprint density at radius 1 is 1.05 bits per heavy atom. The normalized spacial score (nSPS) is 22.6. The first-order valence-corrected chi connectivity index (χ1v) is 16.2. The summed E-state index contributed by atoms with van der Waals surface area (Å²) in [5.41, 5.74) is 0.539. The lowest BCUT2D eigenvalue weighted by molar-refractivity contribution is -0.147. The first-order valence-electron chi connectivity index (χ1n) is 14.2. The SMILES string of the molecule is CC(C)=CC[C@@H](OC(=O)CCCC[C@@H]1CCSC(C2CCCCC2)S1)C1=CC(=O)c2c(O)ccc(O)c2C1=O. The molecule has 1 saturated carbocycles. The van der Waals surface area contributed by atoms with E-state index in [-0.39, 0.29) is 41.0 Å². The number of benzene rings is 1. The van der Waals surface area contributed by atoms with E-state index in [9.17, 15) is 24.6 Å². The number of Topliss-reactive ketones (excluding diaryl/α,β-unsaturated/α-hetero) is 1. The van der Waals surface area contributed by atoms with Gasteiger partial charge in [-0.2, -0.15) is 0 Å². The van der Waals surface area contributed by atoms with Crippen molar-refractivity contribution in [2.45, 2.75) is 100 Å². The summed E-state index contributed by atoms with van der Waals surface area (Å²) in [6.45, 7) is 3.81.